The molecule has 3 N–H and O–H groups in total. The zero-order valence-electron chi connectivity index (χ0n) is 45.9. The van der Waals surface area contributed by atoms with Gasteiger partial charge in [-0.25, -0.2) is 19.9 Å². The Kier molecular flexibility index (Phi) is 15.8. The second-order valence-corrected chi connectivity index (χ2v) is 22.8. The maximum Gasteiger partial charge on any atom is 0.209 e. The maximum absolute atomic E-state index is 6.40. The fourth-order valence-corrected chi connectivity index (χ4v) is 12.0. The number of piperidine rings is 2. The van der Waals surface area contributed by atoms with Crippen LogP contribution in [0.15, 0.2) is 159 Å². The van der Waals surface area contributed by atoms with Crippen molar-refractivity contribution in [2.45, 2.75) is 129 Å². The molecule has 12 rings (SSSR count). The van der Waals surface area contributed by atoms with Gasteiger partial charge >= 0.3 is 0 Å². The van der Waals surface area contributed by atoms with Crippen molar-refractivity contribution in [2.24, 2.45) is 5.73 Å². The number of pyridine rings is 2. The SMILES string of the molecule is CC(C)N1CCCCC1C(C)(C)N.CC(C)N1CCCCC1C(C)(C)Nc1nc(-c2ccncc2)c(-c2ccc3ccccc3c2)c2nccn12.Clc1nc(-c2ccncc2)c(-c2ccc3ccccc3c2)c2nccn12. The first-order valence-electron chi connectivity index (χ1n) is 27.4. The molecule has 0 spiro atoms. The number of nitrogens with one attached hydrogen (secondary N) is 1. The number of hydrogen-bond donors (Lipinski definition) is 2. The molecule has 2 atom stereocenters. The highest BCUT2D eigenvalue weighted by molar-refractivity contribution is 6.29. The number of hydrogen-bond acceptors (Lipinski definition) is 10. The molecule has 0 aliphatic carbocycles. The minimum absolute atomic E-state index is 0.0509. The van der Waals surface area contributed by atoms with Crippen LogP contribution >= 0.6 is 11.6 Å². The van der Waals surface area contributed by atoms with Crippen molar-refractivity contribution in [2.75, 3.05) is 18.4 Å². The van der Waals surface area contributed by atoms with Crippen LogP contribution in [0.25, 0.3) is 77.6 Å². The van der Waals surface area contributed by atoms with E-state index in [4.69, 9.17) is 27.3 Å². The van der Waals surface area contributed by atoms with E-state index in [9.17, 15) is 0 Å². The molecule has 0 bridgehead atoms. The monoisotopic (exact) mass is 1040 g/mol. The van der Waals surface area contributed by atoms with Gasteiger partial charge in [-0.05, 0) is 175 Å². The number of aromatic nitrogens is 8. The first kappa shape index (κ1) is 53.3. The van der Waals surface area contributed by atoms with Gasteiger partial charge in [0, 0.05) is 90.4 Å². The van der Waals surface area contributed by atoms with E-state index in [0.717, 1.165) is 68.6 Å². The molecule has 8 heterocycles. The molecule has 2 fully saturated rings. The molecule has 2 saturated heterocycles. The summed E-state index contributed by atoms with van der Waals surface area (Å²) in [5.74, 6) is 0.813. The van der Waals surface area contributed by atoms with E-state index in [1.165, 1.54) is 66.6 Å². The maximum atomic E-state index is 6.40. The van der Waals surface area contributed by atoms with E-state index in [0.29, 0.717) is 29.5 Å². The topological polar surface area (TPSA) is 131 Å². The van der Waals surface area contributed by atoms with E-state index in [1.54, 1.807) is 23.0 Å². The first-order valence-corrected chi connectivity index (χ1v) is 27.8. The van der Waals surface area contributed by atoms with Crippen LogP contribution in [0.4, 0.5) is 5.95 Å². The number of fused-ring (bicyclic) bond motifs is 4. The number of likely N-dealkylation sites (tertiary alicyclic amines) is 2. The van der Waals surface area contributed by atoms with E-state index in [2.05, 4.69) is 168 Å². The van der Waals surface area contributed by atoms with Crippen LogP contribution in [-0.2, 0) is 0 Å². The number of nitrogens with two attached hydrogens (primary N) is 1. The molecular weight excluding hydrogens is 972 g/mol. The van der Waals surface area contributed by atoms with Crippen LogP contribution < -0.4 is 11.1 Å². The zero-order chi connectivity index (χ0) is 53.8. The Morgan fingerprint density at radius 2 is 0.987 bits per heavy atom. The third kappa shape index (κ3) is 11.5. The summed E-state index contributed by atoms with van der Waals surface area (Å²) in [7, 11) is 0. The van der Waals surface area contributed by atoms with Crippen molar-refractivity contribution in [1.82, 2.24) is 48.5 Å². The van der Waals surface area contributed by atoms with E-state index >= 15 is 0 Å². The third-order valence-corrected chi connectivity index (χ3v) is 15.8. The quantitative estimate of drug-likeness (QED) is 0.128. The molecule has 2 aliphatic heterocycles. The molecule has 396 valence electrons. The molecule has 77 heavy (non-hydrogen) atoms. The smallest absolute Gasteiger partial charge is 0.209 e. The molecule has 12 nitrogen and oxygen atoms in total. The molecule has 13 heteroatoms. The molecule has 10 aromatic rings. The highest BCUT2D eigenvalue weighted by Gasteiger charge is 2.38. The van der Waals surface area contributed by atoms with Gasteiger partial charge in [0.15, 0.2) is 0 Å². The summed E-state index contributed by atoms with van der Waals surface area (Å²) >= 11 is 6.40. The fraction of sp³-hybridized carbons (Fsp3) is 0.344. The number of rotatable bonds is 10. The molecule has 2 aliphatic rings. The van der Waals surface area contributed by atoms with Gasteiger partial charge in [-0.3, -0.25) is 28.6 Å². The van der Waals surface area contributed by atoms with Crippen molar-refractivity contribution in [3.63, 3.8) is 0 Å². The first-order chi connectivity index (χ1) is 37.2. The van der Waals surface area contributed by atoms with Gasteiger partial charge in [-0.2, -0.15) is 0 Å². The summed E-state index contributed by atoms with van der Waals surface area (Å²) in [4.78, 5) is 33.0. The third-order valence-electron chi connectivity index (χ3n) is 15.6. The normalized spacial score (nSPS) is 16.7. The van der Waals surface area contributed by atoms with Crippen molar-refractivity contribution < 1.29 is 0 Å². The lowest BCUT2D eigenvalue weighted by atomic mass is 9.85. The Labute approximate surface area is 458 Å². The number of halogens is 1. The Morgan fingerprint density at radius 3 is 1.48 bits per heavy atom. The van der Waals surface area contributed by atoms with Gasteiger partial charge in [0.1, 0.15) is 11.3 Å². The van der Waals surface area contributed by atoms with Crippen LogP contribution in [0.1, 0.15) is 93.9 Å². The van der Waals surface area contributed by atoms with Crippen molar-refractivity contribution in [3.8, 4) is 44.8 Å². The van der Waals surface area contributed by atoms with Gasteiger partial charge in [0.05, 0.1) is 28.1 Å². The standard InChI is InChI=1S/C32H36N6.C21H13ClN4.C11H24N2/c1-22(2)37-19-8-7-11-27(37)32(3,4)36-31-35-29(24-14-16-33-17-15-24)28(30-34-18-20-38(30)31)26-13-12-23-9-5-6-10-25(23)21-26;22-21-25-19(15-7-9-23-10-8-15)18(20-24-11-12-26(20)21)17-6-5-14-3-1-2-4-16(14)13-17;1-9(2)13-8-6-5-7-10(13)11(3,4)12/h5-6,9-10,12-18,20-22,27H,7-8,11,19H2,1-4H3,(H,35,36);1-13H;9-10H,5-8,12H2,1-4H3. The summed E-state index contributed by atoms with van der Waals surface area (Å²) in [5.41, 5.74) is 15.5. The molecule has 4 aromatic carbocycles. The highest BCUT2D eigenvalue weighted by Crippen LogP contribution is 2.40. The van der Waals surface area contributed by atoms with E-state index in [-0.39, 0.29) is 11.1 Å². The van der Waals surface area contributed by atoms with Crippen molar-refractivity contribution in [1.29, 1.82) is 0 Å². The van der Waals surface area contributed by atoms with Crippen LogP contribution in [0, 0.1) is 0 Å². The van der Waals surface area contributed by atoms with E-state index in [1.807, 2.05) is 67.4 Å². The number of benzene rings is 4. The number of anilines is 1. The van der Waals surface area contributed by atoms with Gasteiger partial charge < -0.3 is 11.1 Å². The fourth-order valence-electron chi connectivity index (χ4n) is 11.8. The molecule has 0 saturated carbocycles. The molecule has 6 aromatic heterocycles. The summed E-state index contributed by atoms with van der Waals surface area (Å²) in [5, 5.41) is 9.04. The van der Waals surface area contributed by atoms with Gasteiger partial charge in [0.2, 0.25) is 11.2 Å². The van der Waals surface area contributed by atoms with Gasteiger partial charge in [-0.1, -0.05) is 85.6 Å². The van der Waals surface area contributed by atoms with Gasteiger partial charge in [0.25, 0.3) is 0 Å². The molecule has 2 unspecified atom stereocenters. The summed E-state index contributed by atoms with van der Waals surface area (Å²) in [6.45, 7) is 20.4. The lowest BCUT2D eigenvalue weighted by molar-refractivity contribution is 0.0674. The zero-order valence-corrected chi connectivity index (χ0v) is 46.7. The minimum atomic E-state index is -0.186. The van der Waals surface area contributed by atoms with Crippen LogP contribution in [0.2, 0.25) is 5.28 Å². The molecular formula is C64H73ClN12. The predicted octanol–water partition coefficient (Wildman–Crippen LogP) is 14.3. The Balaban J connectivity index is 0.000000148. The second kappa shape index (κ2) is 22.9. The Hall–Kier alpha value is -7.09. The predicted molar refractivity (Wildman–Crippen MR) is 318 cm³/mol. The lowest BCUT2D eigenvalue weighted by Crippen LogP contribution is -2.58. The van der Waals surface area contributed by atoms with Crippen LogP contribution in [-0.4, -0.2) is 96.8 Å². The number of imidazole rings is 2. The molecule has 0 amide bonds. The van der Waals surface area contributed by atoms with Crippen molar-refractivity contribution >= 4 is 50.4 Å². The summed E-state index contributed by atoms with van der Waals surface area (Å²) in [6, 6.07) is 39.8. The van der Waals surface area contributed by atoms with E-state index < -0.39 is 0 Å². The van der Waals surface area contributed by atoms with Crippen LogP contribution in [0.3, 0.4) is 0 Å². The Morgan fingerprint density at radius 1 is 0.532 bits per heavy atom. The lowest BCUT2D eigenvalue weighted by Gasteiger charge is -2.47. The van der Waals surface area contributed by atoms with Crippen LogP contribution in [0.5, 0.6) is 0 Å². The Bertz CT molecular complexity index is 3600. The second-order valence-electron chi connectivity index (χ2n) is 22.5. The van der Waals surface area contributed by atoms with Gasteiger partial charge in [-0.15, -0.1) is 0 Å². The largest absolute Gasteiger partial charge is 0.349 e. The highest BCUT2D eigenvalue weighted by atomic mass is 35.5. The average molecular weight is 1050 g/mol. The average Bonchev–Trinajstić information content (AvgIpc) is 4.25. The molecule has 0 radical (unpaired) electrons. The minimum Gasteiger partial charge on any atom is -0.349 e. The van der Waals surface area contributed by atoms with Crippen molar-refractivity contribution in [3.05, 3.63) is 164 Å². The summed E-state index contributed by atoms with van der Waals surface area (Å²) in [6.07, 6.45) is 22.3. The number of nitrogens with zero attached hydrogens (tertiary/aromatic N) is 10. The summed E-state index contributed by atoms with van der Waals surface area (Å²) < 4.78 is 3.91.